The normalized spacial score (nSPS) is 23.5. The van der Waals surface area contributed by atoms with Crippen molar-refractivity contribution in [1.82, 2.24) is 9.88 Å². The van der Waals surface area contributed by atoms with Crippen molar-refractivity contribution in [3.63, 3.8) is 0 Å². The molecule has 2 saturated heterocycles. The monoisotopic (exact) mass is 401 g/mol. The highest BCUT2D eigenvalue weighted by Crippen LogP contribution is 2.32. The van der Waals surface area contributed by atoms with Gasteiger partial charge in [-0.15, -0.1) is 0 Å². The molecule has 2 aliphatic rings. The minimum atomic E-state index is -0.145. The molecule has 152 valence electrons. The van der Waals surface area contributed by atoms with Gasteiger partial charge in [0.1, 0.15) is 11.6 Å². The van der Waals surface area contributed by atoms with Crippen molar-refractivity contribution in [1.29, 1.82) is 0 Å². The summed E-state index contributed by atoms with van der Waals surface area (Å²) in [7, 11) is 0. The lowest BCUT2D eigenvalue weighted by atomic mass is 10.0. The van der Waals surface area contributed by atoms with Crippen LogP contribution in [-0.2, 0) is 4.79 Å². The number of nitrogens with zero attached hydrogens (tertiary/aromatic N) is 3. The second-order valence-corrected chi connectivity index (χ2v) is 10.8. The Morgan fingerprint density at radius 2 is 2.00 bits per heavy atom. The summed E-state index contributed by atoms with van der Waals surface area (Å²) in [5, 5.41) is 0. The van der Waals surface area contributed by atoms with E-state index in [1.165, 1.54) is 6.42 Å². The van der Waals surface area contributed by atoms with Gasteiger partial charge in [0.25, 0.3) is 6.01 Å². The number of carbonyl (C=O) groups is 1. The molecule has 6 heteroatoms. The summed E-state index contributed by atoms with van der Waals surface area (Å²) in [5.74, 6) is 1.28. The minimum absolute atomic E-state index is 0.145. The van der Waals surface area contributed by atoms with Crippen LogP contribution < -0.4 is 4.90 Å². The number of anilines is 1. The van der Waals surface area contributed by atoms with Crippen molar-refractivity contribution >= 4 is 34.8 Å². The van der Waals surface area contributed by atoms with Crippen LogP contribution in [0.25, 0.3) is 11.1 Å². The van der Waals surface area contributed by atoms with Gasteiger partial charge in [0.15, 0.2) is 5.58 Å². The van der Waals surface area contributed by atoms with Gasteiger partial charge in [-0.05, 0) is 44.2 Å². The number of thioether (sulfide) groups is 1. The molecule has 0 aliphatic carbocycles. The number of piperidine rings is 1. The smallest absolute Gasteiger partial charge is 0.299 e. The van der Waals surface area contributed by atoms with E-state index in [-0.39, 0.29) is 16.7 Å². The zero-order valence-corrected chi connectivity index (χ0v) is 18.0. The van der Waals surface area contributed by atoms with Crippen LogP contribution in [0, 0.1) is 0 Å². The molecule has 0 bridgehead atoms. The topological polar surface area (TPSA) is 49.6 Å². The average Bonchev–Trinajstić information content (AvgIpc) is 3.32. The number of fused-ring (bicyclic) bond motifs is 1. The number of hydrogen-bond acceptors (Lipinski definition) is 5. The molecule has 1 aromatic carbocycles. The maximum Gasteiger partial charge on any atom is 0.299 e. The molecule has 2 aliphatic heterocycles. The predicted octanol–water partition coefficient (Wildman–Crippen LogP) is 4.71. The third-order valence-corrected chi connectivity index (χ3v) is 7.10. The zero-order chi connectivity index (χ0) is 19.7. The van der Waals surface area contributed by atoms with Gasteiger partial charge in [-0.1, -0.05) is 32.9 Å². The minimum Gasteiger partial charge on any atom is -0.423 e. The first kappa shape index (κ1) is 19.6. The predicted molar refractivity (Wildman–Crippen MR) is 116 cm³/mol. The van der Waals surface area contributed by atoms with E-state index < -0.39 is 0 Å². The Morgan fingerprint density at radius 3 is 2.79 bits per heavy atom. The van der Waals surface area contributed by atoms with Crippen LogP contribution in [0.15, 0.2) is 28.7 Å². The van der Waals surface area contributed by atoms with E-state index in [2.05, 4.69) is 35.6 Å². The first-order valence-corrected chi connectivity index (χ1v) is 11.5. The highest BCUT2D eigenvalue weighted by Gasteiger charge is 2.39. The van der Waals surface area contributed by atoms with Crippen molar-refractivity contribution in [3.05, 3.63) is 24.3 Å². The average molecular weight is 402 g/mol. The van der Waals surface area contributed by atoms with Gasteiger partial charge < -0.3 is 14.2 Å². The maximum atomic E-state index is 13.5. The molecule has 0 spiro atoms. The van der Waals surface area contributed by atoms with Gasteiger partial charge in [0.2, 0.25) is 5.91 Å². The Bertz CT molecular complexity index is 796. The van der Waals surface area contributed by atoms with E-state index in [1.807, 2.05) is 36.0 Å². The maximum absolute atomic E-state index is 13.5. The molecule has 1 aromatic heterocycles. The van der Waals surface area contributed by atoms with E-state index in [0.29, 0.717) is 12.1 Å². The molecular formula is C22H31N3O2S. The first-order valence-electron chi connectivity index (χ1n) is 10.5. The van der Waals surface area contributed by atoms with Crippen LogP contribution >= 0.6 is 11.8 Å². The van der Waals surface area contributed by atoms with Crippen molar-refractivity contribution in [3.8, 4) is 0 Å². The van der Waals surface area contributed by atoms with Crippen LogP contribution in [0.5, 0.6) is 0 Å². The standard InChI is InChI=1S/C22H31N3O2S/c1-22(2,3)28-15-16-9-6-7-13-24(16)20(26)18-11-8-14-25(18)21-23-17-10-4-5-12-19(17)27-21/h4-5,10,12,16,18H,6-9,11,13-15H2,1-3H3/t16-,18+/m0/s1. The van der Waals surface area contributed by atoms with Gasteiger partial charge in [0, 0.05) is 29.6 Å². The lowest BCUT2D eigenvalue weighted by Gasteiger charge is -2.39. The number of carbonyl (C=O) groups excluding carboxylic acids is 1. The number of likely N-dealkylation sites (tertiary alicyclic amines) is 1. The zero-order valence-electron chi connectivity index (χ0n) is 17.2. The molecule has 28 heavy (non-hydrogen) atoms. The van der Waals surface area contributed by atoms with Gasteiger partial charge in [-0.3, -0.25) is 4.79 Å². The Balaban J connectivity index is 1.51. The number of benzene rings is 1. The van der Waals surface area contributed by atoms with Gasteiger partial charge >= 0.3 is 0 Å². The summed E-state index contributed by atoms with van der Waals surface area (Å²) in [5.41, 5.74) is 1.64. The SMILES string of the molecule is CC(C)(C)SC[C@@H]1CCCCN1C(=O)[C@H]1CCCN1c1nc2ccccc2o1. The molecule has 1 amide bonds. The molecule has 2 fully saturated rings. The quantitative estimate of drug-likeness (QED) is 0.743. The van der Waals surface area contributed by atoms with E-state index in [4.69, 9.17) is 4.42 Å². The summed E-state index contributed by atoms with van der Waals surface area (Å²) < 4.78 is 6.20. The van der Waals surface area contributed by atoms with Crippen molar-refractivity contribution < 1.29 is 9.21 Å². The van der Waals surface area contributed by atoms with Crippen molar-refractivity contribution in [2.24, 2.45) is 0 Å². The molecule has 4 rings (SSSR count). The fourth-order valence-electron chi connectivity index (χ4n) is 4.24. The van der Waals surface area contributed by atoms with Crippen LogP contribution in [0.3, 0.4) is 0 Å². The summed E-state index contributed by atoms with van der Waals surface area (Å²) in [6, 6.07) is 8.60. The first-order chi connectivity index (χ1) is 13.4. The van der Waals surface area contributed by atoms with Crippen LogP contribution in [-0.4, -0.2) is 51.5 Å². The highest BCUT2D eigenvalue weighted by atomic mass is 32.2. The van der Waals surface area contributed by atoms with E-state index >= 15 is 0 Å². The number of rotatable bonds is 4. The molecule has 0 radical (unpaired) electrons. The molecule has 0 unspecified atom stereocenters. The summed E-state index contributed by atoms with van der Waals surface area (Å²) in [4.78, 5) is 22.4. The lowest BCUT2D eigenvalue weighted by molar-refractivity contribution is -0.135. The second-order valence-electron chi connectivity index (χ2n) is 8.92. The second kappa shape index (κ2) is 7.97. The van der Waals surface area contributed by atoms with Gasteiger partial charge in [-0.25, -0.2) is 0 Å². The third-order valence-electron chi connectivity index (χ3n) is 5.69. The number of para-hydroxylation sites is 2. The summed E-state index contributed by atoms with van der Waals surface area (Å²) in [6.07, 6.45) is 5.33. The number of amides is 1. The van der Waals surface area contributed by atoms with Crippen LogP contribution in [0.1, 0.15) is 52.9 Å². The third kappa shape index (κ3) is 4.17. The molecule has 2 atom stereocenters. The van der Waals surface area contributed by atoms with E-state index in [0.717, 1.165) is 55.6 Å². The molecular weight excluding hydrogens is 370 g/mol. The molecule has 0 saturated carbocycles. The summed E-state index contributed by atoms with van der Waals surface area (Å²) >= 11 is 1.97. The molecule has 0 N–H and O–H groups in total. The highest BCUT2D eigenvalue weighted by molar-refractivity contribution is 8.00. The van der Waals surface area contributed by atoms with Gasteiger partial charge in [-0.2, -0.15) is 16.7 Å². The molecule has 2 aromatic rings. The molecule has 5 nitrogen and oxygen atoms in total. The number of aromatic nitrogens is 1. The van der Waals surface area contributed by atoms with Crippen LogP contribution in [0.2, 0.25) is 0 Å². The Hall–Kier alpha value is -1.69. The lowest BCUT2D eigenvalue weighted by Crippen LogP contribution is -2.52. The Morgan fingerprint density at radius 1 is 1.18 bits per heavy atom. The Labute approximate surface area is 171 Å². The number of hydrogen-bond donors (Lipinski definition) is 0. The fraction of sp³-hybridized carbons (Fsp3) is 0.636. The van der Waals surface area contributed by atoms with Crippen molar-refractivity contribution in [2.75, 3.05) is 23.7 Å². The van der Waals surface area contributed by atoms with E-state index in [9.17, 15) is 4.79 Å². The summed E-state index contributed by atoms with van der Waals surface area (Å²) in [6.45, 7) is 8.46. The van der Waals surface area contributed by atoms with E-state index in [1.54, 1.807) is 0 Å². The van der Waals surface area contributed by atoms with Crippen molar-refractivity contribution in [2.45, 2.75) is 69.7 Å². The molecule has 3 heterocycles. The fourth-order valence-corrected chi connectivity index (χ4v) is 5.28. The number of oxazole rings is 1. The van der Waals surface area contributed by atoms with Crippen LogP contribution in [0.4, 0.5) is 6.01 Å². The Kier molecular flexibility index (Phi) is 5.59. The largest absolute Gasteiger partial charge is 0.423 e. The van der Waals surface area contributed by atoms with Gasteiger partial charge in [0.05, 0.1) is 0 Å².